The molecule has 5 aromatic rings. The summed E-state index contributed by atoms with van der Waals surface area (Å²) in [6.07, 6.45) is 25.3. The van der Waals surface area contributed by atoms with Crippen molar-refractivity contribution in [2.75, 3.05) is 9.80 Å². The topological polar surface area (TPSA) is 6.48 Å². The normalized spacial score (nSPS) is 18.7. The van der Waals surface area contributed by atoms with Gasteiger partial charge in [-0.2, -0.15) is 0 Å². The van der Waals surface area contributed by atoms with Crippen molar-refractivity contribution in [1.82, 2.24) is 0 Å². The van der Waals surface area contributed by atoms with E-state index in [1.165, 1.54) is 174 Å². The summed E-state index contributed by atoms with van der Waals surface area (Å²) in [4.78, 5) is 5.67. The molecule has 0 N–H and O–H groups in total. The van der Waals surface area contributed by atoms with Crippen LogP contribution in [0.25, 0.3) is 0 Å². The molecule has 0 spiro atoms. The molecular weight excluding hydrogens is 651 g/mol. The minimum Gasteiger partial charge on any atom is -0.311 e. The smallest absolute Gasteiger partial charge is 0.252 e. The molecule has 0 unspecified atom stereocenters. The summed E-state index contributed by atoms with van der Waals surface area (Å²) in [6.45, 7) is 2.60. The van der Waals surface area contributed by atoms with Gasteiger partial charge >= 0.3 is 0 Å². The van der Waals surface area contributed by atoms with Gasteiger partial charge in [-0.3, -0.25) is 0 Å². The zero-order chi connectivity index (χ0) is 35.8. The van der Waals surface area contributed by atoms with E-state index in [9.17, 15) is 0 Å². The van der Waals surface area contributed by atoms with Crippen molar-refractivity contribution in [1.29, 1.82) is 0 Å². The van der Waals surface area contributed by atoms with Crippen molar-refractivity contribution in [2.24, 2.45) is 0 Å². The molecule has 3 heteroatoms. The molecule has 5 aromatic carbocycles. The standard InChI is InChI=1S/C51H55BN2/c1-34-32-47-49-48(33-34)54(46-27-15-21-36-17-7-3-11-23-40(36)46)51-42-25-13-5-9-19-38(42)29-31-44(51)52(49)43-30-28-37-18-8-4-12-24-41(37)50(43)53(47)45-26-14-20-35-16-6-2-10-22-39(35)45/h14-15,20-21,26-33H,2-13,16-19,22-25H2,1H3. The van der Waals surface area contributed by atoms with Gasteiger partial charge in [0.05, 0.1) is 0 Å². The Hall–Kier alpha value is -4.24. The van der Waals surface area contributed by atoms with E-state index in [0.717, 1.165) is 0 Å². The molecule has 0 aromatic heterocycles. The molecular formula is C51H55BN2. The highest BCUT2D eigenvalue weighted by atomic mass is 15.2. The largest absolute Gasteiger partial charge is 0.311 e. The van der Waals surface area contributed by atoms with E-state index in [4.69, 9.17) is 0 Å². The molecule has 0 fully saturated rings. The van der Waals surface area contributed by atoms with Crippen LogP contribution in [0.15, 0.2) is 72.8 Å². The van der Waals surface area contributed by atoms with Gasteiger partial charge in [-0.15, -0.1) is 0 Å². The van der Waals surface area contributed by atoms with Crippen LogP contribution < -0.4 is 26.2 Å². The lowest BCUT2D eigenvalue weighted by atomic mass is 9.33. The summed E-state index contributed by atoms with van der Waals surface area (Å²) >= 11 is 0. The summed E-state index contributed by atoms with van der Waals surface area (Å²) in [6, 6.07) is 30.1. The number of anilines is 6. The molecule has 0 atom stereocenters. The van der Waals surface area contributed by atoms with Gasteiger partial charge in [-0.1, -0.05) is 74.2 Å². The van der Waals surface area contributed by atoms with E-state index in [2.05, 4.69) is 89.5 Å². The molecule has 11 rings (SSSR count). The average Bonchev–Trinajstić information content (AvgIpc) is 3.78. The summed E-state index contributed by atoms with van der Waals surface area (Å²) in [5.74, 6) is 0. The van der Waals surface area contributed by atoms with Gasteiger partial charge in [0.25, 0.3) is 6.71 Å². The van der Waals surface area contributed by atoms with Gasteiger partial charge in [0.15, 0.2) is 0 Å². The second kappa shape index (κ2) is 13.5. The van der Waals surface area contributed by atoms with E-state index in [0.29, 0.717) is 0 Å². The zero-order valence-corrected chi connectivity index (χ0v) is 32.5. The second-order valence-corrected chi connectivity index (χ2v) is 17.7. The molecule has 0 radical (unpaired) electrons. The van der Waals surface area contributed by atoms with Gasteiger partial charge in [-0.05, 0) is 200 Å². The predicted octanol–water partition coefficient (Wildman–Crippen LogP) is 11.2. The van der Waals surface area contributed by atoms with Crippen molar-refractivity contribution in [2.45, 2.75) is 135 Å². The lowest BCUT2D eigenvalue weighted by Crippen LogP contribution is -2.62. The Morgan fingerprint density at radius 1 is 0.389 bits per heavy atom. The number of nitrogens with zero attached hydrogens (tertiary/aromatic N) is 2. The molecule has 54 heavy (non-hydrogen) atoms. The Morgan fingerprint density at radius 3 is 1.22 bits per heavy atom. The van der Waals surface area contributed by atoms with Gasteiger partial charge in [0, 0.05) is 34.1 Å². The van der Waals surface area contributed by atoms with E-state index >= 15 is 0 Å². The summed E-state index contributed by atoms with van der Waals surface area (Å²) in [7, 11) is 0. The predicted molar refractivity (Wildman–Crippen MR) is 230 cm³/mol. The van der Waals surface area contributed by atoms with Crippen molar-refractivity contribution in [3.8, 4) is 0 Å². The van der Waals surface area contributed by atoms with E-state index in [1.54, 1.807) is 55.4 Å². The number of aryl methyl sites for hydroxylation is 5. The summed E-state index contributed by atoms with van der Waals surface area (Å²) in [5.41, 5.74) is 27.7. The summed E-state index contributed by atoms with van der Waals surface area (Å²) in [5, 5.41) is 0. The maximum Gasteiger partial charge on any atom is 0.252 e. The van der Waals surface area contributed by atoms with E-state index in [1.807, 2.05) is 0 Å². The second-order valence-electron chi connectivity index (χ2n) is 17.7. The Labute approximate surface area is 324 Å². The third-order valence-electron chi connectivity index (χ3n) is 14.4. The molecule has 0 amide bonds. The van der Waals surface area contributed by atoms with Gasteiger partial charge < -0.3 is 9.80 Å². The molecule has 2 nitrogen and oxygen atoms in total. The molecule has 2 aliphatic heterocycles. The monoisotopic (exact) mass is 706 g/mol. The van der Waals surface area contributed by atoms with E-state index < -0.39 is 0 Å². The quantitative estimate of drug-likeness (QED) is 0.130. The number of benzene rings is 5. The van der Waals surface area contributed by atoms with Crippen LogP contribution in [-0.2, 0) is 51.4 Å². The molecule has 0 saturated carbocycles. The maximum absolute atomic E-state index is 2.84. The van der Waals surface area contributed by atoms with Crippen LogP contribution in [0.5, 0.6) is 0 Å². The zero-order valence-electron chi connectivity index (χ0n) is 32.5. The molecule has 2 heterocycles. The molecule has 0 bridgehead atoms. The highest BCUT2D eigenvalue weighted by Gasteiger charge is 2.46. The lowest BCUT2D eigenvalue weighted by molar-refractivity contribution is 0.711. The molecule has 4 aliphatic carbocycles. The molecule has 272 valence electrons. The Morgan fingerprint density at radius 2 is 0.778 bits per heavy atom. The fraction of sp³-hybridized carbons (Fsp3) is 0.412. The van der Waals surface area contributed by atoms with Crippen LogP contribution in [0.3, 0.4) is 0 Å². The van der Waals surface area contributed by atoms with Crippen LogP contribution in [0.1, 0.15) is 127 Å². The minimum absolute atomic E-state index is 0.222. The average molecular weight is 707 g/mol. The maximum atomic E-state index is 2.84. The fourth-order valence-electron chi connectivity index (χ4n) is 11.9. The molecule has 0 saturated heterocycles. The van der Waals surface area contributed by atoms with Gasteiger partial charge in [0.1, 0.15) is 0 Å². The van der Waals surface area contributed by atoms with Crippen LogP contribution in [0, 0.1) is 6.92 Å². The van der Waals surface area contributed by atoms with Crippen molar-refractivity contribution in [3.63, 3.8) is 0 Å². The van der Waals surface area contributed by atoms with Crippen LogP contribution in [0.4, 0.5) is 34.1 Å². The van der Waals surface area contributed by atoms with Crippen molar-refractivity contribution in [3.05, 3.63) is 123 Å². The highest BCUT2D eigenvalue weighted by Crippen LogP contribution is 2.50. The Kier molecular flexibility index (Phi) is 8.29. The number of hydrogen-bond donors (Lipinski definition) is 0. The lowest BCUT2D eigenvalue weighted by Gasteiger charge is -2.47. The first-order valence-electron chi connectivity index (χ1n) is 22.0. The Balaban J connectivity index is 1.26. The third kappa shape index (κ3) is 5.20. The first-order chi connectivity index (χ1) is 26.7. The van der Waals surface area contributed by atoms with Gasteiger partial charge in [0.2, 0.25) is 0 Å². The fourth-order valence-corrected chi connectivity index (χ4v) is 11.9. The summed E-state index contributed by atoms with van der Waals surface area (Å²) < 4.78 is 0. The molecule has 6 aliphatic rings. The highest BCUT2D eigenvalue weighted by molar-refractivity contribution is 7.00. The van der Waals surface area contributed by atoms with Crippen molar-refractivity contribution < 1.29 is 0 Å². The third-order valence-corrected chi connectivity index (χ3v) is 14.4. The minimum atomic E-state index is 0.222. The number of fused-ring (bicyclic) bond motifs is 10. The van der Waals surface area contributed by atoms with Crippen LogP contribution in [0.2, 0.25) is 0 Å². The van der Waals surface area contributed by atoms with Crippen LogP contribution in [-0.4, -0.2) is 6.71 Å². The van der Waals surface area contributed by atoms with E-state index in [-0.39, 0.29) is 6.71 Å². The van der Waals surface area contributed by atoms with Crippen LogP contribution >= 0.6 is 0 Å². The first kappa shape index (κ1) is 33.1. The van der Waals surface area contributed by atoms with Crippen molar-refractivity contribution >= 4 is 57.2 Å². The first-order valence-corrected chi connectivity index (χ1v) is 22.0. The number of hydrogen-bond acceptors (Lipinski definition) is 2. The number of rotatable bonds is 2. The Bertz CT molecular complexity index is 2140. The van der Waals surface area contributed by atoms with Gasteiger partial charge in [-0.25, -0.2) is 0 Å². The SMILES string of the molecule is Cc1cc2c3c(c1)N(c1cccc4c1CCCCC4)c1c(ccc4c1CCCCC4)B3c1ccc3c(c1N2c1cccc2c1CCCCC2)CCCCC3.